The molecule has 0 radical (unpaired) electrons. The van der Waals surface area contributed by atoms with Crippen molar-refractivity contribution in [1.82, 2.24) is 5.32 Å². The highest BCUT2D eigenvalue weighted by molar-refractivity contribution is 5.32. The van der Waals surface area contributed by atoms with E-state index >= 15 is 0 Å². The normalized spacial score (nSPS) is 23.9. The molecule has 1 aliphatic rings. The summed E-state index contributed by atoms with van der Waals surface area (Å²) in [6, 6.07) is 8.12. The molecule has 0 amide bonds. The molecule has 0 aromatic heterocycles. The largest absolute Gasteiger partial charge is 0.496 e. The van der Waals surface area contributed by atoms with Crippen LogP contribution in [0.15, 0.2) is 24.3 Å². The number of nitrogens with one attached hydrogen (secondary N) is 1. The van der Waals surface area contributed by atoms with Crippen LogP contribution >= 0.6 is 0 Å². The highest BCUT2D eigenvalue weighted by atomic mass is 16.5. The Kier molecular flexibility index (Phi) is 5.02. The molecule has 100 valence electrons. The highest BCUT2D eigenvalue weighted by Crippen LogP contribution is 2.24. The SMILES string of the molecule is COc1ccccc1CNCC1CCC(O)CC1. The van der Waals surface area contributed by atoms with E-state index in [1.165, 1.54) is 5.56 Å². The van der Waals surface area contributed by atoms with Crippen LogP contribution in [-0.2, 0) is 6.54 Å². The van der Waals surface area contributed by atoms with Crippen LogP contribution in [0.5, 0.6) is 5.75 Å². The summed E-state index contributed by atoms with van der Waals surface area (Å²) in [6.45, 7) is 1.88. The summed E-state index contributed by atoms with van der Waals surface area (Å²) >= 11 is 0. The first-order valence-electron chi connectivity index (χ1n) is 6.80. The van der Waals surface area contributed by atoms with Crippen molar-refractivity contribution in [3.05, 3.63) is 29.8 Å². The van der Waals surface area contributed by atoms with Crippen LogP contribution in [0.1, 0.15) is 31.2 Å². The minimum absolute atomic E-state index is 0.0598. The zero-order valence-electron chi connectivity index (χ0n) is 11.1. The van der Waals surface area contributed by atoms with Crippen LogP contribution in [0, 0.1) is 5.92 Å². The molecule has 18 heavy (non-hydrogen) atoms. The summed E-state index contributed by atoms with van der Waals surface area (Å²) in [6.07, 6.45) is 4.14. The molecule has 1 aromatic rings. The van der Waals surface area contributed by atoms with Crippen molar-refractivity contribution >= 4 is 0 Å². The Bertz CT molecular complexity index is 359. The molecule has 1 aliphatic carbocycles. The maximum atomic E-state index is 9.46. The maximum absolute atomic E-state index is 9.46. The number of aliphatic hydroxyl groups excluding tert-OH is 1. The predicted octanol–water partition coefficient (Wildman–Crippen LogP) is 2.34. The molecule has 0 spiro atoms. The first kappa shape index (κ1) is 13.4. The van der Waals surface area contributed by atoms with E-state index in [1.807, 2.05) is 18.2 Å². The zero-order valence-corrected chi connectivity index (χ0v) is 11.1. The number of ether oxygens (including phenoxy) is 1. The average molecular weight is 249 g/mol. The molecule has 1 fully saturated rings. The lowest BCUT2D eigenvalue weighted by Crippen LogP contribution is -2.27. The fourth-order valence-electron chi connectivity index (χ4n) is 2.61. The van der Waals surface area contributed by atoms with Gasteiger partial charge in [-0.2, -0.15) is 0 Å². The van der Waals surface area contributed by atoms with E-state index in [0.717, 1.165) is 44.5 Å². The molecule has 0 bridgehead atoms. The summed E-state index contributed by atoms with van der Waals surface area (Å²) in [5.74, 6) is 1.66. The van der Waals surface area contributed by atoms with Gasteiger partial charge in [-0.05, 0) is 44.2 Å². The van der Waals surface area contributed by atoms with Crippen LogP contribution in [0.25, 0.3) is 0 Å². The Morgan fingerprint density at radius 3 is 2.67 bits per heavy atom. The first-order valence-corrected chi connectivity index (χ1v) is 6.80. The second kappa shape index (κ2) is 6.76. The van der Waals surface area contributed by atoms with E-state index < -0.39 is 0 Å². The van der Waals surface area contributed by atoms with Gasteiger partial charge in [-0.15, -0.1) is 0 Å². The van der Waals surface area contributed by atoms with Gasteiger partial charge in [0.25, 0.3) is 0 Å². The van der Waals surface area contributed by atoms with Crippen molar-refractivity contribution in [3.63, 3.8) is 0 Å². The van der Waals surface area contributed by atoms with Crippen molar-refractivity contribution in [3.8, 4) is 5.75 Å². The minimum Gasteiger partial charge on any atom is -0.496 e. The third kappa shape index (κ3) is 3.72. The number of para-hydroxylation sites is 1. The van der Waals surface area contributed by atoms with E-state index in [-0.39, 0.29) is 6.10 Å². The standard InChI is InChI=1S/C15H23NO2/c1-18-15-5-3-2-4-13(15)11-16-10-12-6-8-14(17)9-7-12/h2-5,12,14,16-17H,6-11H2,1H3. The predicted molar refractivity (Wildman–Crippen MR) is 72.7 cm³/mol. The molecule has 3 heteroatoms. The Morgan fingerprint density at radius 1 is 1.22 bits per heavy atom. The van der Waals surface area contributed by atoms with Gasteiger partial charge in [0.1, 0.15) is 5.75 Å². The number of aliphatic hydroxyl groups is 1. The molecule has 3 nitrogen and oxygen atoms in total. The van der Waals surface area contributed by atoms with Gasteiger partial charge in [0.15, 0.2) is 0 Å². The molecule has 1 saturated carbocycles. The third-order valence-corrected chi connectivity index (χ3v) is 3.76. The van der Waals surface area contributed by atoms with Crippen LogP contribution < -0.4 is 10.1 Å². The lowest BCUT2D eigenvalue weighted by molar-refractivity contribution is 0.108. The minimum atomic E-state index is -0.0598. The number of hydrogen-bond acceptors (Lipinski definition) is 3. The summed E-state index contributed by atoms with van der Waals surface area (Å²) < 4.78 is 5.33. The van der Waals surface area contributed by atoms with Gasteiger partial charge in [0.2, 0.25) is 0 Å². The molecule has 0 saturated heterocycles. The second-order valence-corrected chi connectivity index (χ2v) is 5.12. The summed E-state index contributed by atoms with van der Waals surface area (Å²) in [7, 11) is 1.71. The van der Waals surface area contributed by atoms with Crippen LogP contribution in [0.2, 0.25) is 0 Å². The lowest BCUT2D eigenvalue weighted by Gasteiger charge is -2.25. The summed E-state index contributed by atoms with van der Waals surface area (Å²) in [5.41, 5.74) is 1.20. The van der Waals surface area contributed by atoms with E-state index in [4.69, 9.17) is 4.74 Å². The fraction of sp³-hybridized carbons (Fsp3) is 0.600. The Labute approximate surface area is 109 Å². The van der Waals surface area contributed by atoms with Crippen molar-refractivity contribution in [2.75, 3.05) is 13.7 Å². The van der Waals surface area contributed by atoms with Crippen molar-refractivity contribution in [2.24, 2.45) is 5.92 Å². The molecule has 0 aliphatic heterocycles. The molecule has 2 N–H and O–H groups in total. The summed E-state index contributed by atoms with van der Waals surface area (Å²) in [4.78, 5) is 0. The maximum Gasteiger partial charge on any atom is 0.123 e. The van der Waals surface area contributed by atoms with Gasteiger partial charge < -0.3 is 15.2 Å². The fourth-order valence-corrected chi connectivity index (χ4v) is 2.61. The average Bonchev–Trinajstić information content (AvgIpc) is 2.41. The van der Waals surface area contributed by atoms with Gasteiger partial charge in [-0.1, -0.05) is 18.2 Å². The van der Waals surface area contributed by atoms with Crippen LogP contribution in [0.3, 0.4) is 0 Å². The quantitative estimate of drug-likeness (QED) is 0.841. The molecule has 0 heterocycles. The third-order valence-electron chi connectivity index (χ3n) is 3.76. The van der Waals surface area contributed by atoms with Crippen molar-refractivity contribution < 1.29 is 9.84 Å². The zero-order chi connectivity index (χ0) is 12.8. The molecular formula is C15H23NO2. The van der Waals surface area contributed by atoms with Gasteiger partial charge in [0, 0.05) is 12.1 Å². The lowest BCUT2D eigenvalue weighted by atomic mass is 9.87. The number of benzene rings is 1. The van der Waals surface area contributed by atoms with Gasteiger partial charge >= 0.3 is 0 Å². The molecule has 0 unspecified atom stereocenters. The van der Waals surface area contributed by atoms with Gasteiger partial charge in [0.05, 0.1) is 13.2 Å². The Hall–Kier alpha value is -1.06. The monoisotopic (exact) mass is 249 g/mol. The Morgan fingerprint density at radius 2 is 1.94 bits per heavy atom. The van der Waals surface area contributed by atoms with E-state index in [9.17, 15) is 5.11 Å². The van der Waals surface area contributed by atoms with Gasteiger partial charge in [-0.25, -0.2) is 0 Å². The van der Waals surface area contributed by atoms with E-state index in [1.54, 1.807) is 7.11 Å². The highest BCUT2D eigenvalue weighted by Gasteiger charge is 2.18. The summed E-state index contributed by atoms with van der Waals surface area (Å²) in [5, 5.41) is 13.0. The van der Waals surface area contributed by atoms with E-state index in [0.29, 0.717) is 5.92 Å². The molecule has 1 aromatic carbocycles. The topological polar surface area (TPSA) is 41.5 Å². The molecular weight excluding hydrogens is 226 g/mol. The number of methoxy groups -OCH3 is 1. The number of rotatable bonds is 5. The van der Waals surface area contributed by atoms with E-state index in [2.05, 4.69) is 11.4 Å². The second-order valence-electron chi connectivity index (χ2n) is 5.12. The van der Waals surface area contributed by atoms with Crippen LogP contribution in [-0.4, -0.2) is 24.9 Å². The van der Waals surface area contributed by atoms with Crippen molar-refractivity contribution in [2.45, 2.75) is 38.3 Å². The Balaban J connectivity index is 1.75. The van der Waals surface area contributed by atoms with Gasteiger partial charge in [-0.3, -0.25) is 0 Å². The first-order chi connectivity index (χ1) is 8.79. The van der Waals surface area contributed by atoms with Crippen molar-refractivity contribution in [1.29, 1.82) is 0 Å². The molecule has 2 rings (SSSR count). The smallest absolute Gasteiger partial charge is 0.123 e. The number of hydrogen-bond donors (Lipinski definition) is 2. The van der Waals surface area contributed by atoms with Crippen LogP contribution in [0.4, 0.5) is 0 Å². The molecule has 0 atom stereocenters.